The first kappa shape index (κ1) is 22.4. The number of hydrogen-bond acceptors (Lipinski definition) is 4. The molecular formula is C21H19ClF2N4O3. The average molecular weight is 449 g/mol. The molecule has 1 N–H and O–H groups in total. The maximum absolute atomic E-state index is 14.1. The third-order valence-corrected chi connectivity index (χ3v) is 4.97. The molecule has 0 aliphatic carbocycles. The molecule has 0 saturated carbocycles. The molecule has 0 aliphatic rings. The van der Waals surface area contributed by atoms with Crippen molar-refractivity contribution in [2.45, 2.75) is 26.2 Å². The standard InChI is InChI=1S/C21H19ClF2N4O3/c1-21(2,3)19-17(22)18(27(4)26-19)20(29)25-14-9-8-11(10-15(14)28(30)31)16-12(23)6-5-7-13(16)24/h5-10H,1-4H3,(H,25,29). The summed E-state index contributed by atoms with van der Waals surface area (Å²) in [6.07, 6.45) is 0. The molecule has 1 heterocycles. The van der Waals surface area contributed by atoms with E-state index in [2.05, 4.69) is 10.4 Å². The van der Waals surface area contributed by atoms with Crippen molar-refractivity contribution in [3.63, 3.8) is 0 Å². The van der Waals surface area contributed by atoms with E-state index in [4.69, 9.17) is 11.6 Å². The number of halogens is 3. The lowest BCUT2D eigenvalue weighted by atomic mass is 9.92. The van der Waals surface area contributed by atoms with Crippen LogP contribution in [0.5, 0.6) is 0 Å². The number of nitrogens with one attached hydrogen (secondary N) is 1. The summed E-state index contributed by atoms with van der Waals surface area (Å²) >= 11 is 6.36. The van der Waals surface area contributed by atoms with E-state index in [0.29, 0.717) is 5.69 Å². The highest BCUT2D eigenvalue weighted by molar-refractivity contribution is 6.35. The Kier molecular flexibility index (Phi) is 5.82. The van der Waals surface area contributed by atoms with Crippen LogP contribution in [-0.4, -0.2) is 20.6 Å². The van der Waals surface area contributed by atoms with Gasteiger partial charge in [-0.2, -0.15) is 5.10 Å². The molecule has 31 heavy (non-hydrogen) atoms. The molecule has 0 aliphatic heterocycles. The summed E-state index contributed by atoms with van der Waals surface area (Å²) in [5, 5.41) is 18.5. The Bertz CT molecular complexity index is 1180. The van der Waals surface area contributed by atoms with Gasteiger partial charge in [-0.15, -0.1) is 0 Å². The Balaban J connectivity index is 2.02. The molecular weight excluding hydrogens is 430 g/mol. The highest BCUT2D eigenvalue weighted by atomic mass is 35.5. The summed E-state index contributed by atoms with van der Waals surface area (Å²) < 4.78 is 29.5. The van der Waals surface area contributed by atoms with Crippen molar-refractivity contribution >= 4 is 28.9 Å². The molecule has 0 atom stereocenters. The number of aryl methyl sites for hydroxylation is 1. The van der Waals surface area contributed by atoms with Gasteiger partial charge >= 0.3 is 0 Å². The van der Waals surface area contributed by atoms with E-state index in [1.165, 1.54) is 29.9 Å². The lowest BCUT2D eigenvalue weighted by Gasteiger charge is -2.15. The fraction of sp³-hybridized carbons (Fsp3) is 0.238. The van der Waals surface area contributed by atoms with Crippen LogP contribution in [0.15, 0.2) is 36.4 Å². The van der Waals surface area contributed by atoms with Gasteiger partial charge in [0.25, 0.3) is 11.6 Å². The zero-order valence-electron chi connectivity index (χ0n) is 17.2. The first-order valence-corrected chi connectivity index (χ1v) is 9.56. The summed E-state index contributed by atoms with van der Waals surface area (Å²) in [4.78, 5) is 23.7. The maximum Gasteiger partial charge on any atom is 0.293 e. The van der Waals surface area contributed by atoms with E-state index >= 15 is 0 Å². The largest absolute Gasteiger partial charge is 0.315 e. The van der Waals surface area contributed by atoms with Gasteiger partial charge in [0.05, 0.1) is 21.2 Å². The number of nitro benzene ring substituents is 1. The first-order chi connectivity index (χ1) is 14.4. The van der Waals surface area contributed by atoms with Crippen molar-refractivity contribution in [2.75, 3.05) is 5.32 Å². The van der Waals surface area contributed by atoms with Crippen molar-refractivity contribution in [1.82, 2.24) is 9.78 Å². The Labute approximate surface area is 181 Å². The fourth-order valence-corrected chi connectivity index (χ4v) is 3.65. The lowest BCUT2D eigenvalue weighted by Crippen LogP contribution is -2.17. The van der Waals surface area contributed by atoms with E-state index in [9.17, 15) is 23.7 Å². The van der Waals surface area contributed by atoms with Gasteiger partial charge in [-0.3, -0.25) is 19.6 Å². The van der Waals surface area contributed by atoms with Crippen LogP contribution in [0.4, 0.5) is 20.2 Å². The SMILES string of the molecule is Cn1nc(C(C)(C)C)c(Cl)c1C(=O)Nc1ccc(-c2c(F)cccc2F)cc1[N+](=O)[O-]. The van der Waals surface area contributed by atoms with Crippen molar-refractivity contribution in [2.24, 2.45) is 7.05 Å². The second-order valence-electron chi connectivity index (χ2n) is 7.92. The molecule has 0 radical (unpaired) electrons. The summed E-state index contributed by atoms with van der Waals surface area (Å²) in [5.41, 5.74) is -0.994. The van der Waals surface area contributed by atoms with Gasteiger partial charge in [-0.25, -0.2) is 8.78 Å². The number of nitro groups is 1. The number of aromatic nitrogens is 2. The first-order valence-electron chi connectivity index (χ1n) is 9.19. The van der Waals surface area contributed by atoms with Crippen LogP contribution in [0, 0.1) is 21.7 Å². The molecule has 1 aromatic heterocycles. The zero-order chi connectivity index (χ0) is 23.1. The number of amides is 1. The minimum Gasteiger partial charge on any atom is -0.315 e. The monoisotopic (exact) mass is 448 g/mol. The molecule has 3 rings (SSSR count). The molecule has 0 fully saturated rings. The topological polar surface area (TPSA) is 90.1 Å². The predicted octanol–water partition coefficient (Wildman–Crippen LogP) is 5.48. The summed E-state index contributed by atoms with van der Waals surface area (Å²) in [6, 6.07) is 6.80. The van der Waals surface area contributed by atoms with Crippen molar-refractivity contribution in [3.05, 3.63) is 74.6 Å². The minimum absolute atomic E-state index is 0.0325. The fourth-order valence-electron chi connectivity index (χ4n) is 3.12. The Morgan fingerprint density at radius 3 is 2.32 bits per heavy atom. The number of carbonyl (C=O) groups excluding carboxylic acids is 1. The summed E-state index contributed by atoms with van der Waals surface area (Å²) in [7, 11) is 1.54. The molecule has 0 bridgehead atoms. The van der Waals surface area contributed by atoms with Gasteiger partial charge in [-0.1, -0.05) is 44.5 Å². The van der Waals surface area contributed by atoms with Crippen LogP contribution >= 0.6 is 11.6 Å². The van der Waals surface area contributed by atoms with Gasteiger partial charge in [0.15, 0.2) is 0 Å². The summed E-state index contributed by atoms with van der Waals surface area (Å²) in [6.45, 7) is 5.65. The van der Waals surface area contributed by atoms with Crippen LogP contribution in [0.2, 0.25) is 5.02 Å². The van der Waals surface area contributed by atoms with Crippen molar-refractivity contribution in [3.8, 4) is 11.1 Å². The maximum atomic E-state index is 14.1. The number of nitrogens with zero attached hydrogens (tertiary/aromatic N) is 3. The molecule has 3 aromatic rings. The molecule has 162 valence electrons. The minimum atomic E-state index is -0.859. The van der Waals surface area contributed by atoms with Gasteiger partial charge in [0.1, 0.15) is 23.0 Å². The van der Waals surface area contributed by atoms with Crippen molar-refractivity contribution in [1.29, 1.82) is 0 Å². The van der Waals surface area contributed by atoms with E-state index in [1.807, 2.05) is 20.8 Å². The Hall–Kier alpha value is -3.33. The number of benzene rings is 2. The summed E-state index contributed by atoms with van der Waals surface area (Å²) in [5.74, 6) is -2.42. The molecule has 7 nitrogen and oxygen atoms in total. The van der Waals surface area contributed by atoms with Crippen LogP contribution in [-0.2, 0) is 12.5 Å². The van der Waals surface area contributed by atoms with E-state index in [0.717, 1.165) is 18.2 Å². The molecule has 2 aromatic carbocycles. The number of hydrogen-bond donors (Lipinski definition) is 1. The number of carbonyl (C=O) groups is 1. The number of rotatable bonds is 4. The van der Waals surface area contributed by atoms with Crippen LogP contribution in [0.3, 0.4) is 0 Å². The second kappa shape index (κ2) is 8.07. The highest BCUT2D eigenvalue weighted by Crippen LogP contribution is 2.35. The Morgan fingerprint density at radius 2 is 1.81 bits per heavy atom. The third-order valence-electron chi connectivity index (χ3n) is 4.61. The van der Waals surface area contributed by atoms with E-state index in [-0.39, 0.29) is 22.0 Å². The quantitative estimate of drug-likeness (QED) is 0.423. The Morgan fingerprint density at radius 1 is 1.19 bits per heavy atom. The van der Waals surface area contributed by atoms with Gasteiger partial charge in [-0.05, 0) is 23.8 Å². The molecule has 0 saturated heterocycles. The van der Waals surface area contributed by atoms with E-state index < -0.39 is 39.1 Å². The molecule has 1 amide bonds. The molecule has 0 unspecified atom stereocenters. The van der Waals surface area contributed by atoms with Gasteiger partial charge < -0.3 is 5.32 Å². The van der Waals surface area contributed by atoms with Gasteiger partial charge in [0.2, 0.25) is 0 Å². The average Bonchev–Trinajstić information content (AvgIpc) is 2.97. The van der Waals surface area contributed by atoms with Crippen LogP contribution in [0.1, 0.15) is 37.0 Å². The zero-order valence-corrected chi connectivity index (χ0v) is 17.9. The van der Waals surface area contributed by atoms with Crippen molar-refractivity contribution < 1.29 is 18.5 Å². The van der Waals surface area contributed by atoms with Gasteiger partial charge in [0, 0.05) is 18.5 Å². The smallest absolute Gasteiger partial charge is 0.293 e. The molecule has 0 spiro atoms. The predicted molar refractivity (Wildman–Crippen MR) is 113 cm³/mol. The van der Waals surface area contributed by atoms with Crippen LogP contribution in [0.25, 0.3) is 11.1 Å². The second-order valence-corrected chi connectivity index (χ2v) is 8.30. The third kappa shape index (κ3) is 4.27. The van der Waals surface area contributed by atoms with Crippen LogP contribution < -0.4 is 5.32 Å². The lowest BCUT2D eigenvalue weighted by molar-refractivity contribution is -0.383. The normalized spacial score (nSPS) is 11.5. The molecule has 10 heteroatoms. The highest BCUT2D eigenvalue weighted by Gasteiger charge is 2.29. The van der Waals surface area contributed by atoms with E-state index in [1.54, 1.807) is 0 Å². The number of anilines is 1.